The summed E-state index contributed by atoms with van der Waals surface area (Å²) >= 11 is 1.37. The summed E-state index contributed by atoms with van der Waals surface area (Å²) in [7, 11) is 0. The first kappa shape index (κ1) is 23.6. The van der Waals surface area contributed by atoms with Crippen molar-refractivity contribution in [1.29, 1.82) is 0 Å². The molecule has 0 saturated heterocycles. The number of benzene rings is 1. The Balaban J connectivity index is 1.47. The number of thioether (sulfide) groups is 1. The van der Waals surface area contributed by atoms with Crippen LogP contribution in [0.4, 0.5) is 13.2 Å². The minimum Gasteiger partial charge on any atom is -0.301 e. The van der Waals surface area contributed by atoms with Gasteiger partial charge in [-0.15, -0.1) is 0 Å². The fourth-order valence-corrected chi connectivity index (χ4v) is 5.15. The minimum atomic E-state index is -4.40. The predicted molar refractivity (Wildman–Crippen MR) is 123 cm³/mol. The summed E-state index contributed by atoms with van der Waals surface area (Å²) in [5.41, 5.74) is 2.46. The van der Waals surface area contributed by atoms with Crippen LogP contribution in [0.15, 0.2) is 40.3 Å². The Morgan fingerprint density at radius 1 is 1.15 bits per heavy atom. The van der Waals surface area contributed by atoms with Crippen molar-refractivity contribution in [1.82, 2.24) is 20.2 Å². The SMILES string of the molecule is CCc1c(CC2CCCCC2)nc(SCc2cc(-c3cccc(C(F)(F)F)c3)[nH]n2)[nH]c1=O. The minimum absolute atomic E-state index is 0.0903. The first-order valence-electron chi connectivity index (χ1n) is 11.3. The Morgan fingerprint density at radius 3 is 2.67 bits per heavy atom. The summed E-state index contributed by atoms with van der Waals surface area (Å²) in [6.45, 7) is 1.97. The third kappa shape index (κ3) is 5.88. The van der Waals surface area contributed by atoms with Gasteiger partial charge < -0.3 is 4.98 Å². The number of alkyl halides is 3. The average Bonchev–Trinajstić information content (AvgIpc) is 3.27. The van der Waals surface area contributed by atoms with Crippen LogP contribution in [0, 0.1) is 5.92 Å². The molecule has 0 amide bonds. The molecule has 3 aromatic rings. The fraction of sp³-hybridized carbons (Fsp3) is 0.458. The molecule has 1 aliphatic carbocycles. The highest BCUT2D eigenvalue weighted by atomic mass is 32.2. The number of nitrogens with one attached hydrogen (secondary N) is 2. The molecule has 5 nitrogen and oxygen atoms in total. The molecule has 2 heterocycles. The van der Waals surface area contributed by atoms with Crippen molar-refractivity contribution < 1.29 is 13.2 Å². The van der Waals surface area contributed by atoms with E-state index in [2.05, 4.69) is 15.2 Å². The van der Waals surface area contributed by atoms with Gasteiger partial charge in [0.1, 0.15) is 0 Å². The van der Waals surface area contributed by atoms with Gasteiger partial charge in [0.2, 0.25) is 0 Å². The Hall–Kier alpha value is -2.55. The highest BCUT2D eigenvalue weighted by Crippen LogP contribution is 2.32. The predicted octanol–water partition coefficient (Wildman–Crippen LogP) is 6.16. The lowest BCUT2D eigenvalue weighted by molar-refractivity contribution is -0.137. The molecule has 176 valence electrons. The molecular weight excluding hydrogens is 449 g/mol. The smallest absolute Gasteiger partial charge is 0.301 e. The second-order valence-electron chi connectivity index (χ2n) is 8.50. The molecule has 9 heteroatoms. The van der Waals surface area contributed by atoms with Gasteiger partial charge in [-0.25, -0.2) is 4.98 Å². The van der Waals surface area contributed by atoms with Gasteiger partial charge in [0.15, 0.2) is 5.16 Å². The molecule has 0 spiro atoms. The Bertz CT molecular complexity index is 1150. The number of rotatable bonds is 7. The van der Waals surface area contributed by atoms with Crippen molar-refractivity contribution in [2.45, 2.75) is 69.0 Å². The van der Waals surface area contributed by atoms with Gasteiger partial charge in [-0.2, -0.15) is 18.3 Å². The highest BCUT2D eigenvalue weighted by Gasteiger charge is 2.30. The molecule has 1 fully saturated rings. The van der Waals surface area contributed by atoms with Crippen LogP contribution in [0.5, 0.6) is 0 Å². The zero-order valence-corrected chi connectivity index (χ0v) is 19.3. The average molecular weight is 477 g/mol. The fourth-order valence-electron chi connectivity index (χ4n) is 4.38. The zero-order valence-electron chi connectivity index (χ0n) is 18.5. The normalized spacial score (nSPS) is 15.2. The Morgan fingerprint density at radius 2 is 1.94 bits per heavy atom. The highest BCUT2D eigenvalue weighted by molar-refractivity contribution is 7.98. The summed E-state index contributed by atoms with van der Waals surface area (Å²) < 4.78 is 39.0. The van der Waals surface area contributed by atoms with E-state index in [1.807, 2.05) is 6.92 Å². The number of hydrogen-bond donors (Lipinski definition) is 2. The molecule has 0 aliphatic heterocycles. The van der Waals surface area contributed by atoms with Gasteiger partial charge >= 0.3 is 6.18 Å². The van der Waals surface area contributed by atoms with E-state index in [0.29, 0.717) is 40.2 Å². The van der Waals surface area contributed by atoms with E-state index in [1.54, 1.807) is 12.1 Å². The molecule has 0 unspecified atom stereocenters. The summed E-state index contributed by atoms with van der Waals surface area (Å²) in [6.07, 6.45) is 3.23. The lowest BCUT2D eigenvalue weighted by Gasteiger charge is -2.22. The second kappa shape index (κ2) is 10.2. The summed E-state index contributed by atoms with van der Waals surface area (Å²) in [5, 5.41) is 7.58. The quantitative estimate of drug-likeness (QED) is 0.317. The molecule has 1 aliphatic rings. The number of aromatic nitrogens is 4. The van der Waals surface area contributed by atoms with Crippen LogP contribution >= 0.6 is 11.8 Å². The van der Waals surface area contributed by atoms with E-state index in [1.165, 1.54) is 49.9 Å². The van der Waals surface area contributed by atoms with E-state index in [9.17, 15) is 18.0 Å². The lowest BCUT2D eigenvalue weighted by Crippen LogP contribution is -2.21. The number of H-pyrrole nitrogens is 2. The lowest BCUT2D eigenvalue weighted by atomic mass is 9.85. The number of nitrogens with zero attached hydrogens (tertiary/aromatic N) is 2. The van der Waals surface area contributed by atoms with Crippen molar-refractivity contribution in [2.24, 2.45) is 5.92 Å². The molecule has 4 rings (SSSR count). The van der Waals surface area contributed by atoms with Gasteiger partial charge in [0.25, 0.3) is 5.56 Å². The molecule has 0 radical (unpaired) electrons. The van der Waals surface area contributed by atoms with Crippen LogP contribution in [0.2, 0.25) is 0 Å². The third-order valence-electron chi connectivity index (χ3n) is 6.13. The third-order valence-corrected chi connectivity index (χ3v) is 7.04. The maximum atomic E-state index is 13.0. The Kier molecular flexibility index (Phi) is 7.26. The molecule has 1 saturated carbocycles. The standard InChI is InChI=1S/C24H27F3N4OS/c1-2-19-21(11-15-7-4-3-5-8-15)28-23(29-22(19)32)33-14-18-13-20(31-30-18)16-9-6-10-17(12-16)24(25,26)27/h6,9-10,12-13,15H,2-5,7-8,11,14H2,1H3,(H,30,31)(H,28,29,32). The molecule has 2 N–H and O–H groups in total. The van der Waals surface area contributed by atoms with Gasteiger partial charge in [-0.1, -0.05) is 62.9 Å². The van der Waals surface area contributed by atoms with E-state index in [-0.39, 0.29) is 5.56 Å². The monoisotopic (exact) mass is 476 g/mol. The van der Waals surface area contributed by atoms with Crippen LogP contribution < -0.4 is 5.56 Å². The maximum absolute atomic E-state index is 13.0. The van der Waals surface area contributed by atoms with Crippen LogP contribution in [0.3, 0.4) is 0 Å². The second-order valence-corrected chi connectivity index (χ2v) is 9.46. The first-order chi connectivity index (χ1) is 15.8. The summed E-state index contributed by atoms with van der Waals surface area (Å²) in [5.74, 6) is 1.02. The Labute approximate surface area is 194 Å². The van der Waals surface area contributed by atoms with Crippen molar-refractivity contribution in [2.75, 3.05) is 0 Å². The van der Waals surface area contributed by atoms with Gasteiger partial charge in [-0.3, -0.25) is 9.89 Å². The van der Waals surface area contributed by atoms with Gasteiger partial charge in [0.05, 0.1) is 22.6 Å². The molecule has 0 bridgehead atoms. The van der Waals surface area contributed by atoms with E-state index < -0.39 is 11.7 Å². The van der Waals surface area contributed by atoms with Crippen LogP contribution in [-0.2, 0) is 24.8 Å². The summed E-state index contributed by atoms with van der Waals surface area (Å²) in [4.78, 5) is 20.3. The number of halogens is 3. The molecule has 1 aromatic carbocycles. The van der Waals surface area contributed by atoms with Crippen molar-refractivity contribution in [3.63, 3.8) is 0 Å². The van der Waals surface area contributed by atoms with Crippen molar-refractivity contribution in [3.05, 3.63) is 63.2 Å². The first-order valence-corrected chi connectivity index (χ1v) is 12.3. The summed E-state index contributed by atoms with van der Waals surface area (Å²) in [6, 6.07) is 6.86. The maximum Gasteiger partial charge on any atom is 0.416 e. The number of aromatic amines is 2. The topological polar surface area (TPSA) is 74.4 Å². The largest absolute Gasteiger partial charge is 0.416 e. The number of hydrogen-bond acceptors (Lipinski definition) is 4. The van der Waals surface area contributed by atoms with E-state index in [0.717, 1.165) is 29.8 Å². The molecule has 2 aromatic heterocycles. The van der Waals surface area contributed by atoms with Crippen LogP contribution in [0.25, 0.3) is 11.3 Å². The molecule has 0 atom stereocenters. The van der Waals surface area contributed by atoms with E-state index >= 15 is 0 Å². The van der Waals surface area contributed by atoms with Crippen molar-refractivity contribution in [3.8, 4) is 11.3 Å². The van der Waals surface area contributed by atoms with Crippen LogP contribution in [-0.4, -0.2) is 20.2 Å². The molecular formula is C24H27F3N4OS. The molecule has 33 heavy (non-hydrogen) atoms. The van der Waals surface area contributed by atoms with Gasteiger partial charge in [-0.05, 0) is 37.0 Å². The van der Waals surface area contributed by atoms with E-state index in [4.69, 9.17) is 4.98 Å². The van der Waals surface area contributed by atoms with Gasteiger partial charge in [0, 0.05) is 16.9 Å². The zero-order chi connectivity index (χ0) is 23.4. The van der Waals surface area contributed by atoms with Crippen molar-refractivity contribution >= 4 is 11.8 Å². The van der Waals surface area contributed by atoms with Crippen LogP contribution in [0.1, 0.15) is 61.5 Å².